The number of aromatic nitrogens is 1. The van der Waals surface area contributed by atoms with Gasteiger partial charge in [0.2, 0.25) is 0 Å². The molecule has 0 saturated carbocycles. The Hall–Kier alpha value is -1.92. The molecule has 2 aromatic rings. The monoisotopic (exact) mass is 344 g/mol. The van der Waals surface area contributed by atoms with Crippen LogP contribution in [0.5, 0.6) is 0 Å². The summed E-state index contributed by atoms with van der Waals surface area (Å²) in [6.45, 7) is 4.29. The Morgan fingerprint density at radius 1 is 1.22 bits per heavy atom. The molecule has 3 rings (SSSR count). The molecule has 0 N–H and O–H groups in total. The second kappa shape index (κ2) is 6.68. The zero-order chi connectivity index (χ0) is 16.4. The Morgan fingerprint density at radius 3 is 2.65 bits per heavy atom. The molecule has 2 amide bonds. The van der Waals surface area contributed by atoms with Crippen LogP contribution >= 0.6 is 23.1 Å². The first kappa shape index (κ1) is 16.0. The molecule has 4 nitrogen and oxygen atoms in total. The summed E-state index contributed by atoms with van der Waals surface area (Å²) in [5.74, 6) is -0.426. The summed E-state index contributed by atoms with van der Waals surface area (Å²) in [6, 6.07) is 7.45. The largest absolute Gasteiger partial charge is 0.269 e. The summed E-state index contributed by atoms with van der Waals surface area (Å²) in [5, 5.41) is 2.15. The number of nitrogens with zero attached hydrogens (tertiary/aromatic N) is 2. The normalized spacial score (nSPS) is 15.2. The van der Waals surface area contributed by atoms with E-state index in [4.69, 9.17) is 0 Å². The maximum absolute atomic E-state index is 12.8. The fraction of sp³-hybridized carbons (Fsp3) is 0.235. The van der Waals surface area contributed by atoms with Crippen molar-refractivity contribution in [2.24, 2.45) is 0 Å². The van der Waals surface area contributed by atoms with E-state index in [0.29, 0.717) is 10.5 Å². The number of imide groups is 1. The third-order valence-corrected chi connectivity index (χ3v) is 5.28. The molecule has 118 valence electrons. The van der Waals surface area contributed by atoms with Gasteiger partial charge in [-0.2, -0.15) is 0 Å². The van der Waals surface area contributed by atoms with Crippen molar-refractivity contribution in [3.63, 3.8) is 0 Å². The summed E-state index contributed by atoms with van der Waals surface area (Å²) in [6.07, 6.45) is 3.35. The highest BCUT2D eigenvalue weighted by atomic mass is 32.2. The number of carbonyl (C=O) groups excluding carboxylic acids is 2. The number of thioether (sulfide) groups is 1. The lowest BCUT2D eigenvalue weighted by Gasteiger charge is -2.15. The van der Waals surface area contributed by atoms with Crippen molar-refractivity contribution in [1.82, 2.24) is 9.88 Å². The van der Waals surface area contributed by atoms with Crippen LogP contribution in [0.4, 0.5) is 0 Å². The van der Waals surface area contributed by atoms with Crippen LogP contribution in [-0.4, -0.2) is 26.9 Å². The number of thiophene rings is 1. The SMILES string of the molecule is CC(C)SC1=C(c2cccs2)C(=O)N(Cc2cccnc2)C1=O. The van der Waals surface area contributed by atoms with Gasteiger partial charge in [-0.3, -0.25) is 19.5 Å². The summed E-state index contributed by atoms with van der Waals surface area (Å²) >= 11 is 2.94. The van der Waals surface area contributed by atoms with Crippen molar-refractivity contribution < 1.29 is 9.59 Å². The molecule has 0 fully saturated rings. The lowest BCUT2D eigenvalue weighted by atomic mass is 10.2. The van der Waals surface area contributed by atoms with Crippen LogP contribution < -0.4 is 0 Å². The van der Waals surface area contributed by atoms with Crippen LogP contribution in [0.15, 0.2) is 46.9 Å². The molecule has 2 aromatic heterocycles. The molecule has 3 heterocycles. The molecule has 1 aliphatic rings. The molecule has 6 heteroatoms. The van der Waals surface area contributed by atoms with Gasteiger partial charge in [0.25, 0.3) is 11.8 Å². The summed E-state index contributed by atoms with van der Waals surface area (Å²) in [4.78, 5) is 32.4. The van der Waals surface area contributed by atoms with E-state index in [1.54, 1.807) is 18.5 Å². The van der Waals surface area contributed by atoms with Crippen molar-refractivity contribution in [3.8, 4) is 0 Å². The Labute approximate surface area is 143 Å². The Bertz CT molecular complexity index is 752. The van der Waals surface area contributed by atoms with Gasteiger partial charge in [-0.15, -0.1) is 23.1 Å². The van der Waals surface area contributed by atoms with Gasteiger partial charge in [-0.25, -0.2) is 0 Å². The second-order valence-corrected chi connectivity index (χ2v) is 7.94. The van der Waals surface area contributed by atoms with Crippen LogP contribution in [0.3, 0.4) is 0 Å². The molecule has 0 bridgehead atoms. The second-order valence-electron chi connectivity index (χ2n) is 5.41. The molecule has 0 aromatic carbocycles. The molecule has 0 radical (unpaired) electrons. The van der Waals surface area contributed by atoms with Crippen LogP contribution in [0.25, 0.3) is 5.57 Å². The van der Waals surface area contributed by atoms with Gasteiger partial charge >= 0.3 is 0 Å². The highest BCUT2D eigenvalue weighted by Gasteiger charge is 2.39. The van der Waals surface area contributed by atoms with Crippen LogP contribution in [0.1, 0.15) is 24.3 Å². The van der Waals surface area contributed by atoms with E-state index in [2.05, 4.69) is 4.98 Å². The van der Waals surface area contributed by atoms with E-state index >= 15 is 0 Å². The Morgan fingerprint density at radius 2 is 2.04 bits per heavy atom. The van der Waals surface area contributed by atoms with Crippen LogP contribution in [0.2, 0.25) is 0 Å². The predicted molar refractivity (Wildman–Crippen MR) is 93.8 cm³/mol. The third kappa shape index (κ3) is 3.23. The van der Waals surface area contributed by atoms with E-state index < -0.39 is 0 Å². The highest BCUT2D eigenvalue weighted by molar-refractivity contribution is 8.04. The van der Waals surface area contributed by atoms with Gasteiger partial charge in [0.15, 0.2) is 0 Å². The first-order valence-electron chi connectivity index (χ1n) is 7.28. The minimum Gasteiger partial charge on any atom is -0.269 e. The maximum Gasteiger partial charge on any atom is 0.268 e. The van der Waals surface area contributed by atoms with Gasteiger partial charge in [0.1, 0.15) is 0 Å². The number of hydrogen-bond acceptors (Lipinski definition) is 5. The van der Waals surface area contributed by atoms with E-state index in [9.17, 15) is 9.59 Å². The third-order valence-electron chi connectivity index (χ3n) is 3.31. The topological polar surface area (TPSA) is 50.3 Å². The molecular formula is C17H16N2O2S2. The van der Waals surface area contributed by atoms with Gasteiger partial charge in [0, 0.05) is 22.5 Å². The van der Waals surface area contributed by atoms with E-state index in [0.717, 1.165) is 10.4 Å². The van der Waals surface area contributed by atoms with E-state index in [1.165, 1.54) is 28.0 Å². The number of rotatable bonds is 5. The van der Waals surface area contributed by atoms with Crippen molar-refractivity contribution in [1.29, 1.82) is 0 Å². The van der Waals surface area contributed by atoms with Crippen molar-refractivity contribution in [2.75, 3.05) is 0 Å². The molecule has 1 aliphatic heterocycles. The average molecular weight is 344 g/mol. The predicted octanol–water partition coefficient (Wildman–Crippen LogP) is 3.56. The minimum atomic E-state index is -0.218. The number of hydrogen-bond donors (Lipinski definition) is 0. The standard InChI is InChI=1S/C17H16N2O2S2/c1-11(2)23-15-14(13-6-4-8-22-13)16(20)19(17(15)21)10-12-5-3-7-18-9-12/h3-9,11H,10H2,1-2H3. The number of carbonyl (C=O) groups is 2. The van der Waals surface area contributed by atoms with Crippen molar-refractivity contribution >= 4 is 40.5 Å². The first-order chi connectivity index (χ1) is 11.1. The minimum absolute atomic E-state index is 0.207. The van der Waals surface area contributed by atoms with Gasteiger partial charge in [-0.1, -0.05) is 26.0 Å². The highest BCUT2D eigenvalue weighted by Crippen LogP contribution is 2.39. The maximum atomic E-state index is 12.8. The quantitative estimate of drug-likeness (QED) is 0.778. The molecule has 0 atom stereocenters. The van der Waals surface area contributed by atoms with Crippen molar-refractivity contribution in [3.05, 3.63) is 57.4 Å². The lowest BCUT2D eigenvalue weighted by Crippen LogP contribution is -2.31. The lowest BCUT2D eigenvalue weighted by molar-refractivity contribution is -0.137. The van der Waals surface area contributed by atoms with Gasteiger partial charge in [-0.05, 0) is 23.1 Å². The summed E-state index contributed by atoms with van der Waals surface area (Å²) < 4.78 is 0. The zero-order valence-electron chi connectivity index (χ0n) is 12.9. The summed E-state index contributed by atoms with van der Waals surface area (Å²) in [7, 11) is 0. The number of amides is 2. The van der Waals surface area contributed by atoms with Crippen LogP contribution in [-0.2, 0) is 16.1 Å². The zero-order valence-corrected chi connectivity index (χ0v) is 14.5. The van der Waals surface area contributed by atoms with E-state index in [-0.39, 0.29) is 23.6 Å². The molecule has 23 heavy (non-hydrogen) atoms. The van der Waals surface area contributed by atoms with Crippen LogP contribution in [0, 0.1) is 0 Å². The van der Waals surface area contributed by atoms with Gasteiger partial charge in [0.05, 0.1) is 17.0 Å². The fourth-order valence-electron chi connectivity index (χ4n) is 2.35. The van der Waals surface area contributed by atoms with E-state index in [1.807, 2.05) is 37.4 Å². The molecule has 0 aliphatic carbocycles. The Kier molecular flexibility index (Phi) is 4.63. The molecular weight excluding hydrogens is 328 g/mol. The Balaban J connectivity index is 1.96. The molecule has 0 saturated heterocycles. The van der Waals surface area contributed by atoms with Gasteiger partial charge < -0.3 is 0 Å². The molecule has 0 spiro atoms. The van der Waals surface area contributed by atoms with Crippen molar-refractivity contribution in [2.45, 2.75) is 25.6 Å². The molecule has 0 unspecified atom stereocenters. The smallest absolute Gasteiger partial charge is 0.268 e. The fourth-order valence-corrected chi connectivity index (χ4v) is 4.19. The first-order valence-corrected chi connectivity index (χ1v) is 9.03. The number of pyridine rings is 1. The average Bonchev–Trinajstić information content (AvgIpc) is 3.12. The summed E-state index contributed by atoms with van der Waals surface area (Å²) in [5.41, 5.74) is 1.38.